The van der Waals surface area contributed by atoms with Gasteiger partial charge in [-0.05, 0) is 62.9 Å². The number of hydrogen-bond acceptors (Lipinski definition) is 2. The monoisotopic (exact) mass is 236 g/mol. The molecule has 4 atom stereocenters. The number of carbonyl (C=O) groups is 1. The summed E-state index contributed by atoms with van der Waals surface area (Å²) in [7, 11) is 0. The van der Waals surface area contributed by atoms with Crippen LogP contribution in [0.15, 0.2) is 11.1 Å². The summed E-state index contributed by atoms with van der Waals surface area (Å²) in [6.07, 6.45) is 3.43. The average Bonchev–Trinajstić information content (AvgIpc) is 2.76. The highest BCUT2D eigenvalue weighted by Crippen LogP contribution is 2.68. The highest BCUT2D eigenvalue weighted by molar-refractivity contribution is 5.98. The van der Waals surface area contributed by atoms with E-state index in [-0.39, 0.29) is 11.5 Å². The second-order valence-electron chi connectivity index (χ2n) is 6.43. The number of ketones is 1. The van der Waals surface area contributed by atoms with Crippen molar-refractivity contribution in [1.29, 1.82) is 0 Å². The van der Waals surface area contributed by atoms with E-state index in [1.54, 1.807) is 0 Å². The lowest BCUT2D eigenvalue weighted by Crippen LogP contribution is -2.18. The maximum absolute atomic E-state index is 12.1. The van der Waals surface area contributed by atoms with Gasteiger partial charge in [0.2, 0.25) is 0 Å². The largest absolute Gasteiger partial charge is 0.393 e. The Morgan fingerprint density at radius 3 is 2.71 bits per heavy atom. The summed E-state index contributed by atoms with van der Waals surface area (Å²) in [6.45, 7) is 8.19. The molecular weight excluding hydrogens is 212 g/mol. The molecule has 0 heterocycles. The van der Waals surface area contributed by atoms with Crippen LogP contribution >= 0.6 is 0 Å². The van der Waals surface area contributed by atoms with Crippen LogP contribution in [0.5, 0.6) is 0 Å². The first-order chi connectivity index (χ1) is 7.86. The van der Waals surface area contributed by atoms with E-state index in [1.165, 1.54) is 5.57 Å². The van der Waals surface area contributed by atoms with Crippen LogP contribution < -0.4 is 0 Å². The highest BCUT2D eigenvalue weighted by Gasteiger charge is 2.63. The fraction of sp³-hybridized carbons (Fsp3) is 0.800. The Balaban J connectivity index is 2.04. The SMILES string of the molecule is CC(C)=C1CC2C(CCC(C)O)C2(C)CC1=O. The molecule has 4 unspecified atom stereocenters. The van der Waals surface area contributed by atoms with E-state index in [0.29, 0.717) is 17.6 Å². The zero-order chi connectivity index (χ0) is 12.8. The number of rotatable bonds is 3. The predicted octanol–water partition coefficient (Wildman–Crippen LogP) is 3.10. The third kappa shape index (κ3) is 2.20. The molecule has 0 aliphatic heterocycles. The quantitative estimate of drug-likeness (QED) is 0.764. The summed E-state index contributed by atoms with van der Waals surface area (Å²) in [5, 5.41) is 9.36. The van der Waals surface area contributed by atoms with Crippen molar-refractivity contribution in [2.45, 2.75) is 59.5 Å². The number of allylic oxidation sites excluding steroid dienone is 2. The van der Waals surface area contributed by atoms with Crippen molar-refractivity contribution in [2.24, 2.45) is 17.3 Å². The molecule has 2 heteroatoms. The van der Waals surface area contributed by atoms with Crippen LogP contribution in [0.4, 0.5) is 0 Å². The van der Waals surface area contributed by atoms with Crippen LogP contribution in [0.1, 0.15) is 53.4 Å². The van der Waals surface area contributed by atoms with Gasteiger partial charge in [-0.1, -0.05) is 12.5 Å². The summed E-state index contributed by atoms with van der Waals surface area (Å²) in [4.78, 5) is 12.1. The lowest BCUT2D eigenvalue weighted by molar-refractivity contribution is -0.117. The van der Waals surface area contributed by atoms with E-state index < -0.39 is 0 Å². The molecule has 96 valence electrons. The molecule has 2 fully saturated rings. The van der Waals surface area contributed by atoms with Gasteiger partial charge in [-0.2, -0.15) is 0 Å². The summed E-state index contributed by atoms with van der Waals surface area (Å²) in [5.74, 6) is 1.70. The molecule has 17 heavy (non-hydrogen) atoms. The van der Waals surface area contributed by atoms with Crippen molar-refractivity contribution in [3.8, 4) is 0 Å². The lowest BCUT2D eigenvalue weighted by Gasteiger charge is -2.19. The maximum Gasteiger partial charge on any atom is 0.159 e. The van der Waals surface area contributed by atoms with Gasteiger partial charge < -0.3 is 5.11 Å². The Morgan fingerprint density at radius 2 is 2.18 bits per heavy atom. The van der Waals surface area contributed by atoms with Crippen LogP contribution in [-0.2, 0) is 4.79 Å². The number of aliphatic hydroxyl groups excluding tert-OH is 1. The molecule has 0 amide bonds. The predicted molar refractivity (Wildman–Crippen MR) is 68.6 cm³/mol. The maximum atomic E-state index is 12.1. The minimum Gasteiger partial charge on any atom is -0.393 e. The molecule has 0 spiro atoms. The third-order valence-electron chi connectivity index (χ3n) is 4.87. The van der Waals surface area contributed by atoms with Gasteiger partial charge in [0.05, 0.1) is 6.10 Å². The fourth-order valence-electron chi connectivity index (χ4n) is 3.62. The molecule has 0 saturated heterocycles. The van der Waals surface area contributed by atoms with Crippen LogP contribution in [0.2, 0.25) is 0 Å². The molecule has 1 N–H and O–H groups in total. The van der Waals surface area contributed by atoms with E-state index in [4.69, 9.17) is 0 Å². The molecule has 2 nitrogen and oxygen atoms in total. The van der Waals surface area contributed by atoms with E-state index in [0.717, 1.165) is 31.3 Å². The molecule has 2 aliphatic carbocycles. The molecule has 0 bridgehead atoms. The van der Waals surface area contributed by atoms with Crippen LogP contribution in [0.25, 0.3) is 0 Å². The molecule has 0 aromatic rings. The Bertz CT molecular complexity index is 363. The Hall–Kier alpha value is -0.630. The molecular formula is C15H24O2. The lowest BCUT2D eigenvalue weighted by atomic mass is 9.84. The zero-order valence-corrected chi connectivity index (χ0v) is 11.4. The first-order valence-corrected chi connectivity index (χ1v) is 6.74. The van der Waals surface area contributed by atoms with Gasteiger partial charge in [-0.3, -0.25) is 4.79 Å². The van der Waals surface area contributed by atoms with Gasteiger partial charge >= 0.3 is 0 Å². The minimum absolute atomic E-state index is 0.208. The molecule has 2 rings (SSSR count). The third-order valence-corrected chi connectivity index (χ3v) is 4.87. The van der Waals surface area contributed by atoms with Crippen molar-refractivity contribution in [3.05, 3.63) is 11.1 Å². The van der Waals surface area contributed by atoms with Crippen LogP contribution in [-0.4, -0.2) is 17.0 Å². The normalized spacial score (nSPS) is 37.7. The summed E-state index contributed by atoms with van der Waals surface area (Å²) < 4.78 is 0. The summed E-state index contributed by atoms with van der Waals surface area (Å²) in [6, 6.07) is 0. The van der Waals surface area contributed by atoms with Gasteiger partial charge in [0.1, 0.15) is 0 Å². The zero-order valence-electron chi connectivity index (χ0n) is 11.4. The van der Waals surface area contributed by atoms with E-state index in [2.05, 4.69) is 6.92 Å². The van der Waals surface area contributed by atoms with Crippen LogP contribution in [0.3, 0.4) is 0 Å². The van der Waals surface area contributed by atoms with Crippen LogP contribution in [0, 0.1) is 17.3 Å². The van der Waals surface area contributed by atoms with Crippen molar-refractivity contribution >= 4 is 5.78 Å². The van der Waals surface area contributed by atoms with E-state index >= 15 is 0 Å². The van der Waals surface area contributed by atoms with Crippen molar-refractivity contribution in [3.63, 3.8) is 0 Å². The van der Waals surface area contributed by atoms with Crippen molar-refractivity contribution < 1.29 is 9.90 Å². The average molecular weight is 236 g/mol. The molecule has 2 aliphatic rings. The topological polar surface area (TPSA) is 37.3 Å². The fourth-order valence-corrected chi connectivity index (χ4v) is 3.62. The Labute approximate surface area is 104 Å². The standard InChI is InChI=1S/C15H24O2/c1-9(2)11-7-13-12(6-5-10(3)16)15(13,4)8-14(11)17/h10,12-13,16H,5-8H2,1-4H3. The van der Waals surface area contributed by atoms with Crippen molar-refractivity contribution in [2.75, 3.05) is 0 Å². The second kappa shape index (κ2) is 4.24. The van der Waals surface area contributed by atoms with Gasteiger partial charge in [0, 0.05) is 6.42 Å². The Morgan fingerprint density at radius 1 is 1.53 bits per heavy atom. The number of fused-ring (bicyclic) bond motifs is 1. The number of hydrogen-bond donors (Lipinski definition) is 1. The minimum atomic E-state index is -0.208. The van der Waals surface area contributed by atoms with Gasteiger partial charge in [-0.25, -0.2) is 0 Å². The smallest absolute Gasteiger partial charge is 0.159 e. The van der Waals surface area contributed by atoms with E-state index in [9.17, 15) is 9.90 Å². The summed E-state index contributed by atoms with van der Waals surface area (Å²) >= 11 is 0. The molecule has 0 radical (unpaired) electrons. The second-order valence-corrected chi connectivity index (χ2v) is 6.43. The number of Topliss-reactive ketones (excluding diaryl/α,β-unsaturated/α-hetero) is 1. The highest BCUT2D eigenvalue weighted by atomic mass is 16.3. The number of carbonyl (C=O) groups excluding carboxylic acids is 1. The first kappa shape index (κ1) is 12.8. The molecule has 2 saturated carbocycles. The van der Waals surface area contributed by atoms with Crippen molar-refractivity contribution in [1.82, 2.24) is 0 Å². The molecule has 0 aromatic heterocycles. The first-order valence-electron chi connectivity index (χ1n) is 6.74. The summed E-state index contributed by atoms with van der Waals surface area (Å²) in [5.41, 5.74) is 2.51. The van der Waals surface area contributed by atoms with Gasteiger partial charge in [0.25, 0.3) is 0 Å². The van der Waals surface area contributed by atoms with Gasteiger partial charge in [-0.15, -0.1) is 0 Å². The Kier molecular flexibility index (Phi) is 3.19. The van der Waals surface area contributed by atoms with E-state index in [1.807, 2.05) is 20.8 Å². The number of aliphatic hydroxyl groups is 1. The molecule has 0 aromatic carbocycles. The van der Waals surface area contributed by atoms with Gasteiger partial charge in [0.15, 0.2) is 5.78 Å².